The molecule has 1 fully saturated rings. The Balaban J connectivity index is 1.40. The van der Waals surface area contributed by atoms with E-state index in [0.29, 0.717) is 38.1 Å². The number of aromatic nitrogens is 7. The van der Waals surface area contributed by atoms with Gasteiger partial charge in [-0.1, -0.05) is 12.1 Å². The van der Waals surface area contributed by atoms with Gasteiger partial charge in [0.2, 0.25) is 11.9 Å². The van der Waals surface area contributed by atoms with Crippen molar-refractivity contribution in [1.82, 2.24) is 34.8 Å². The summed E-state index contributed by atoms with van der Waals surface area (Å²) in [4.78, 5) is 13.0. The average molecular weight is 513 g/mol. The first-order valence-corrected chi connectivity index (χ1v) is 10.6. The van der Waals surface area contributed by atoms with Crippen molar-refractivity contribution in [3.05, 3.63) is 47.4 Å². The molecule has 0 bridgehead atoms. The zero-order valence-electron chi connectivity index (χ0n) is 18.2. The summed E-state index contributed by atoms with van der Waals surface area (Å²) in [5.74, 6) is 0.570. The molecule has 1 aliphatic rings. The Morgan fingerprint density at radius 2 is 1.67 bits per heavy atom. The Morgan fingerprint density at radius 1 is 0.944 bits per heavy atom. The summed E-state index contributed by atoms with van der Waals surface area (Å²) in [6.45, 7) is 1.54. The van der Waals surface area contributed by atoms with Crippen molar-refractivity contribution < 1.29 is 31.1 Å². The van der Waals surface area contributed by atoms with Crippen molar-refractivity contribution in [2.45, 2.75) is 18.9 Å². The SMILES string of the molecule is FC(F)(F)c1ccc(-c2nnc(CNc3nc(N4CCOCC4)nc4c(C(F)(F)F)cnn34)[nH]2)cc1. The molecule has 0 unspecified atom stereocenters. The number of fused-ring (bicyclic) bond motifs is 1. The zero-order chi connectivity index (χ0) is 25.5. The van der Waals surface area contributed by atoms with Crippen LogP contribution in [0.25, 0.3) is 17.0 Å². The second-order valence-corrected chi connectivity index (χ2v) is 7.79. The van der Waals surface area contributed by atoms with E-state index < -0.39 is 29.1 Å². The number of rotatable bonds is 5. The van der Waals surface area contributed by atoms with E-state index in [1.165, 1.54) is 12.1 Å². The van der Waals surface area contributed by atoms with Gasteiger partial charge < -0.3 is 19.9 Å². The van der Waals surface area contributed by atoms with Gasteiger partial charge in [-0.25, -0.2) is 0 Å². The Labute approximate surface area is 198 Å². The highest BCUT2D eigenvalue weighted by Crippen LogP contribution is 2.33. The lowest BCUT2D eigenvalue weighted by atomic mass is 10.1. The third kappa shape index (κ3) is 4.75. The predicted octanol–water partition coefficient (Wildman–Crippen LogP) is 3.40. The van der Waals surface area contributed by atoms with Crippen molar-refractivity contribution in [2.75, 3.05) is 36.5 Å². The van der Waals surface area contributed by atoms with E-state index in [4.69, 9.17) is 4.74 Å². The van der Waals surface area contributed by atoms with Crippen molar-refractivity contribution in [2.24, 2.45) is 0 Å². The number of halogens is 6. The van der Waals surface area contributed by atoms with E-state index in [2.05, 4.69) is 35.6 Å². The first kappa shape index (κ1) is 23.8. The van der Waals surface area contributed by atoms with Crippen molar-refractivity contribution in [3.63, 3.8) is 0 Å². The summed E-state index contributed by atoms with van der Waals surface area (Å²) in [6.07, 6.45) is -8.46. The van der Waals surface area contributed by atoms with Crippen LogP contribution in [0.15, 0.2) is 30.5 Å². The van der Waals surface area contributed by atoms with Crippen LogP contribution in [0.5, 0.6) is 0 Å². The summed E-state index contributed by atoms with van der Waals surface area (Å²) >= 11 is 0. The Hall–Kier alpha value is -3.95. The topological polar surface area (TPSA) is 109 Å². The van der Waals surface area contributed by atoms with E-state index in [9.17, 15) is 26.3 Å². The number of hydrogen-bond acceptors (Lipinski definition) is 8. The second-order valence-electron chi connectivity index (χ2n) is 7.79. The van der Waals surface area contributed by atoms with Crippen LogP contribution >= 0.6 is 0 Å². The molecule has 0 aliphatic carbocycles. The summed E-state index contributed by atoms with van der Waals surface area (Å²) in [7, 11) is 0. The molecule has 1 aliphatic heterocycles. The van der Waals surface area contributed by atoms with E-state index in [0.717, 1.165) is 16.6 Å². The van der Waals surface area contributed by atoms with Gasteiger partial charge in [-0.15, -0.1) is 10.2 Å². The molecule has 5 rings (SSSR count). The monoisotopic (exact) mass is 513 g/mol. The molecule has 0 radical (unpaired) electrons. The Kier molecular flexibility index (Phi) is 5.89. The molecule has 1 saturated heterocycles. The molecule has 0 saturated carbocycles. The van der Waals surface area contributed by atoms with Gasteiger partial charge in [-0.2, -0.15) is 45.9 Å². The maximum Gasteiger partial charge on any atom is 0.421 e. The number of nitrogens with one attached hydrogen (secondary N) is 2. The number of anilines is 2. The van der Waals surface area contributed by atoms with Crippen molar-refractivity contribution in [1.29, 1.82) is 0 Å². The minimum absolute atomic E-state index is 0.00975. The first-order valence-electron chi connectivity index (χ1n) is 10.6. The van der Waals surface area contributed by atoms with Gasteiger partial charge in [-0.05, 0) is 12.1 Å². The van der Waals surface area contributed by atoms with Crippen LogP contribution in [-0.4, -0.2) is 61.1 Å². The van der Waals surface area contributed by atoms with E-state index in [1.807, 2.05) is 0 Å². The molecule has 0 atom stereocenters. The minimum Gasteiger partial charge on any atom is -0.378 e. The van der Waals surface area contributed by atoms with E-state index in [-0.39, 0.29) is 30.1 Å². The van der Waals surface area contributed by atoms with E-state index in [1.54, 1.807) is 4.90 Å². The third-order valence-electron chi connectivity index (χ3n) is 5.39. The highest BCUT2D eigenvalue weighted by molar-refractivity contribution is 5.57. The molecule has 2 N–H and O–H groups in total. The fourth-order valence-electron chi connectivity index (χ4n) is 3.57. The fraction of sp³-hybridized carbons (Fsp3) is 0.350. The normalized spacial score (nSPS) is 15.0. The van der Waals surface area contributed by atoms with Gasteiger partial charge in [0.25, 0.3) is 0 Å². The van der Waals surface area contributed by atoms with Gasteiger partial charge in [0, 0.05) is 18.7 Å². The van der Waals surface area contributed by atoms with Gasteiger partial charge in [0.1, 0.15) is 11.4 Å². The van der Waals surface area contributed by atoms with Crippen molar-refractivity contribution in [3.8, 4) is 11.4 Å². The lowest BCUT2D eigenvalue weighted by Gasteiger charge is -2.27. The molecule has 0 amide bonds. The Bertz CT molecular complexity index is 1360. The van der Waals surface area contributed by atoms with Crippen LogP contribution in [0, 0.1) is 0 Å². The van der Waals surface area contributed by atoms with Crippen LogP contribution < -0.4 is 10.2 Å². The third-order valence-corrected chi connectivity index (χ3v) is 5.39. The van der Waals surface area contributed by atoms with Gasteiger partial charge in [-0.3, -0.25) is 0 Å². The summed E-state index contributed by atoms with van der Waals surface area (Å²) in [6, 6.07) is 4.37. The van der Waals surface area contributed by atoms with Crippen LogP contribution in [0.2, 0.25) is 0 Å². The highest BCUT2D eigenvalue weighted by atomic mass is 19.4. The van der Waals surface area contributed by atoms with E-state index >= 15 is 0 Å². The maximum absolute atomic E-state index is 13.5. The fourth-order valence-corrected chi connectivity index (χ4v) is 3.57. The number of nitrogens with zero attached hydrogens (tertiary/aromatic N) is 7. The quantitative estimate of drug-likeness (QED) is 0.391. The highest BCUT2D eigenvalue weighted by Gasteiger charge is 2.36. The molecule has 36 heavy (non-hydrogen) atoms. The number of benzene rings is 1. The number of alkyl halides is 6. The lowest BCUT2D eigenvalue weighted by molar-refractivity contribution is -0.138. The predicted molar refractivity (Wildman–Crippen MR) is 113 cm³/mol. The number of H-pyrrole nitrogens is 1. The minimum atomic E-state index is -4.67. The number of morpholine rings is 1. The summed E-state index contributed by atoms with van der Waals surface area (Å²) in [5.41, 5.74) is -1.84. The summed E-state index contributed by atoms with van der Waals surface area (Å²) in [5, 5.41) is 14.5. The van der Waals surface area contributed by atoms with Crippen LogP contribution in [0.3, 0.4) is 0 Å². The van der Waals surface area contributed by atoms with Gasteiger partial charge in [0.05, 0.1) is 31.5 Å². The number of ether oxygens (including phenoxy) is 1. The molecule has 4 heterocycles. The molecule has 0 spiro atoms. The molecule has 190 valence electrons. The molecule has 4 aromatic rings. The molecular weight excluding hydrogens is 496 g/mol. The number of hydrogen-bond donors (Lipinski definition) is 2. The average Bonchev–Trinajstić information content (AvgIpc) is 3.50. The number of aromatic amines is 1. The van der Waals surface area contributed by atoms with Gasteiger partial charge >= 0.3 is 12.4 Å². The maximum atomic E-state index is 13.5. The molecular formula is C20H17F6N9O. The Morgan fingerprint density at radius 3 is 2.33 bits per heavy atom. The lowest BCUT2D eigenvalue weighted by Crippen LogP contribution is -2.37. The van der Waals surface area contributed by atoms with Crippen LogP contribution in [0.1, 0.15) is 17.0 Å². The smallest absolute Gasteiger partial charge is 0.378 e. The van der Waals surface area contributed by atoms with Crippen LogP contribution in [0.4, 0.5) is 38.2 Å². The van der Waals surface area contributed by atoms with Crippen LogP contribution in [-0.2, 0) is 23.6 Å². The summed E-state index contributed by atoms with van der Waals surface area (Å²) < 4.78 is 85.1. The molecule has 10 nitrogen and oxygen atoms in total. The molecule has 1 aromatic carbocycles. The second kappa shape index (κ2) is 8.92. The standard InChI is InChI=1S/C20H17F6N9O/c21-19(22,23)12-3-1-11(2-4-12)15-29-14(32-33-15)10-27-17-31-18(34-5-7-36-8-6-34)30-16-13(20(24,25)26)9-28-35(16)17/h1-4,9H,5-8,10H2,(H,27,30,31)(H,29,32,33). The van der Waals surface area contributed by atoms with Crippen molar-refractivity contribution >= 4 is 17.5 Å². The van der Waals surface area contributed by atoms with Gasteiger partial charge in [0.15, 0.2) is 11.5 Å². The largest absolute Gasteiger partial charge is 0.421 e. The zero-order valence-corrected chi connectivity index (χ0v) is 18.2. The first-order chi connectivity index (χ1) is 17.1. The molecule has 16 heteroatoms. The molecule has 3 aromatic heterocycles.